The van der Waals surface area contributed by atoms with E-state index in [-0.39, 0.29) is 5.38 Å². The van der Waals surface area contributed by atoms with Gasteiger partial charge in [0, 0.05) is 5.33 Å². The molecule has 0 aromatic carbocycles. The molecule has 1 atom stereocenters. The zero-order valence-electron chi connectivity index (χ0n) is 5.40. The molecule has 0 N–H and O–H groups in total. The monoisotopic (exact) mass is 208 g/mol. The fourth-order valence-electron chi connectivity index (χ4n) is 0.384. The summed E-state index contributed by atoms with van der Waals surface area (Å²) in [4.78, 5) is 0. The Morgan fingerprint density at radius 1 is 1.89 bits per heavy atom. The molecule has 0 saturated carbocycles. The van der Waals surface area contributed by atoms with Crippen LogP contribution in [-0.2, 0) is 0 Å². The highest BCUT2D eigenvalue weighted by atomic mass is 79.9. The lowest BCUT2D eigenvalue weighted by Crippen LogP contribution is -1.88. The Kier molecular flexibility index (Phi) is 5.21. The third-order valence-electron chi connectivity index (χ3n) is 0.880. The zero-order valence-corrected chi connectivity index (χ0v) is 7.74. The van der Waals surface area contributed by atoms with Gasteiger partial charge in [0.15, 0.2) is 0 Å². The number of allylic oxidation sites excluding steroid dienone is 3. The second-order valence-corrected chi connectivity index (χ2v) is 2.89. The normalized spacial score (nSPS) is 15.2. The van der Waals surface area contributed by atoms with E-state index in [1.165, 1.54) is 5.57 Å². The van der Waals surface area contributed by atoms with E-state index >= 15 is 0 Å². The van der Waals surface area contributed by atoms with Crippen molar-refractivity contribution in [2.45, 2.75) is 12.3 Å². The quantitative estimate of drug-likeness (QED) is 0.495. The molecule has 0 spiro atoms. The molecule has 0 radical (unpaired) electrons. The van der Waals surface area contributed by atoms with Crippen LogP contribution in [0.1, 0.15) is 6.92 Å². The van der Waals surface area contributed by atoms with Crippen molar-refractivity contribution in [3.63, 3.8) is 0 Å². The molecule has 52 valence electrons. The standard InChI is InChI=1S/C7H10BrCl/c1-3-7(9)4-6(2)5-8/h3-4,7H,1,5H2,2H3. The summed E-state index contributed by atoms with van der Waals surface area (Å²) in [5.74, 6) is 0. The smallest absolute Gasteiger partial charge is 0.0697 e. The molecule has 1 unspecified atom stereocenters. The van der Waals surface area contributed by atoms with Gasteiger partial charge in [-0.3, -0.25) is 0 Å². The first-order chi connectivity index (χ1) is 4.20. The van der Waals surface area contributed by atoms with Crippen LogP contribution in [0.25, 0.3) is 0 Å². The van der Waals surface area contributed by atoms with Gasteiger partial charge in [-0.2, -0.15) is 0 Å². The summed E-state index contributed by atoms with van der Waals surface area (Å²) in [6.45, 7) is 5.58. The van der Waals surface area contributed by atoms with Crippen LogP contribution in [0.2, 0.25) is 0 Å². The average Bonchev–Trinajstić information content (AvgIpc) is 1.87. The van der Waals surface area contributed by atoms with Crippen LogP contribution in [0, 0.1) is 0 Å². The highest BCUT2D eigenvalue weighted by molar-refractivity contribution is 9.09. The van der Waals surface area contributed by atoms with Crippen molar-refractivity contribution in [3.8, 4) is 0 Å². The van der Waals surface area contributed by atoms with Gasteiger partial charge in [0.05, 0.1) is 5.38 Å². The van der Waals surface area contributed by atoms with Gasteiger partial charge in [0.1, 0.15) is 0 Å². The lowest BCUT2D eigenvalue weighted by atomic mass is 10.3. The average molecular weight is 210 g/mol. The van der Waals surface area contributed by atoms with Gasteiger partial charge in [-0.1, -0.05) is 33.7 Å². The molecule has 0 aliphatic carbocycles. The molecule has 0 fully saturated rings. The maximum absolute atomic E-state index is 5.72. The van der Waals surface area contributed by atoms with Gasteiger partial charge in [-0.15, -0.1) is 18.2 Å². The Balaban J connectivity index is 3.78. The highest BCUT2D eigenvalue weighted by Crippen LogP contribution is 2.05. The summed E-state index contributed by atoms with van der Waals surface area (Å²) >= 11 is 9.03. The molecular weight excluding hydrogens is 199 g/mol. The molecule has 0 saturated heterocycles. The van der Waals surface area contributed by atoms with Gasteiger partial charge in [0.25, 0.3) is 0 Å². The third kappa shape index (κ3) is 4.73. The van der Waals surface area contributed by atoms with E-state index in [9.17, 15) is 0 Å². The molecule has 0 bridgehead atoms. The Bertz CT molecular complexity index is 118. The van der Waals surface area contributed by atoms with Crippen LogP contribution in [0.15, 0.2) is 24.3 Å². The number of hydrogen-bond donors (Lipinski definition) is 0. The van der Waals surface area contributed by atoms with E-state index in [0.29, 0.717) is 0 Å². The summed E-state index contributed by atoms with van der Waals surface area (Å²) in [7, 11) is 0. The van der Waals surface area contributed by atoms with Gasteiger partial charge in [-0.05, 0) is 6.92 Å². The maximum atomic E-state index is 5.72. The first-order valence-electron chi connectivity index (χ1n) is 2.70. The lowest BCUT2D eigenvalue weighted by Gasteiger charge is -1.96. The zero-order chi connectivity index (χ0) is 7.28. The van der Waals surface area contributed by atoms with E-state index in [2.05, 4.69) is 22.5 Å². The SMILES string of the molecule is C=CC(Cl)C=C(C)CBr. The van der Waals surface area contributed by atoms with Crippen molar-refractivity contribution >= 4 is 27.5 Å². The van der Waals surface area contributed by atoms with Crippen molar-refractivity contribution < 1.29 is 0 Å². The van der Waals surface area contributed by atoms with Gasteiger partial charge in [-0.25, -0.2) is 0 Å². The topological polar surface area (TPSA) is 0 Å². The van der Waals surface area contributed by atoms with Crippen LogP contribution in [-0.4, -0.2) is 10.7 Å². The third-order valence-corrected chi connectivity index (χ3v) is 2.07. The van der Waals surface area contributed by atoms with Gasteiger partial charge < -0.3 is 0 Å². The van der Waals surface area contributed by atoms with Crippen LogP contribution < -0.4 is 0 Å². The second kappa shape index (κ2) is 5.07. The van der Waals surface area contributed by atoms with Crippen LogP contribution in [0.5, 0.6) is 0 Å². The van der Waals surface area contributed by atoms with Crippen molar-refractivity contribution in [1.82, 2.24) is 0 Å². The highest BCUT2D eigenvalue weighted by Gasteiger charge is 1.91. The molecule has 0 aliphatic rings. The molecule has 9 heavy (non-hydrogen) atoms. The summed E-state index contributed by atoms with van der Waals surface area (Å²) in [5.41, 5.74) is 1.23. The van der Waals surface area contributed by atoms with E-state index in [0.717, 1.165) is 5.33 Å². The van der Waals surface area contributed by atoms with Gasteiger partial charge in [0.2, 0.25) is 0 Å². The maximum Gasteiger partial charge on any atom is 0.0697 e. The molecule has 0 nitrogen and oxygen atoms in total. The van der Waals surface area contributed by atoms with Crippen LogP contribution >= 0.6 is 27.5 Å². The lowest BCUT2D eigenvalue weighted by molar-refractivity contribution is 1.30. The van der Waals surface area contributed by atoms with E-state index in [1.54, 1.807) is 6.08 Å². The van der Waals surface area contributed by atoms with Crippen LogP contribution in [0.4, 0.5) is 0 Å². The molecule has 0 aromatic rings. The molecule has 0 aromatic heterocycles. The fourth-order valence-corrected chi connectivity index (χ4v) is 0.786. The Labute approximate surface area is 69.7 Å². The summed E-state index contributed by atoms with van der Waals surface area (Å²) in [5, 5.41) is 0.854. The summed E-state index contributed by atoms with van der Waals surface area (Å²) in [6.07, 6.45) is 3.66. The first kappa shape index (κ1) is 9.25. The van der Waals surface area contributed by atoms with Crippen molar-refractivity contribution in [1.29, 1.82) is 0 Å². The minimum Gasteiger partial charge on any atom is -0.114 e. The number of hydrogen-bond acceptors (Lipinski definition) is 0. The number of halogens is 2. The summed E-state index contributed by atoms with van der Waals surface area (Å²) < 4.78 is 0. The van der Waals surface area contributed by atoms with Gasteiger partial charge >= 0.3 is 0 Å². The predicted octanol–water partition coefficient (Wildman–Crippen LogP) is 3.12. The Morgan fingerprint density at radius 3 is 2.78 bits per heavy atom. The van der Waals surface area contributed by atoms with Crippen molar-refractivity contribution in [3.05, 3.63) is 24.3 Å². The molecule has 0 rings (SSSR count). The summed E-state index contributed by atoms with van der Waals surface area (Å²) in [6, 6.07) is 0. The molecular formula is C7H10BrCl. The number of rotatable bonds is 3. The van der Waals surface area contributed by atoms with Crippen LogP contribution in [0.3, 0.4) is 0 Å². The molecule has 0 aliphatic heterocycles. The van der Waals surface area contributed by atoms with E-state index < -0.39 is 0 Å². The molecule has 0 heterocycles. The largest absolute Gasteiger partial charge is 0.114 e. The Hall–Kier alpha value is 0.250. The van der Waals surface area contributed by atoms with Crippen molar-refractivity contribution in [2.24, 2.45) is 0 Å². The Morgan fingerprint density at radius 2 is 2.44 bits per heavy atom. The van der Waals surface area contributed by atoms with E-state index in [4.69, 9.17) is 11.6 Å². The van der Waals surface area contributed by atoms with E-state index in [1.807, 2.05) is 13.0 Å². The first-order valence-corrected chi connectivity index (χ1v) is 4.26. The minimum absolute atomic E-state index is 0.0254. The number of alkyl halides is 2. The minimum atomic E-state index is -0.0254. The second-order valence-electron chi connectivity index (χ2n) is 1.83. The molecule has 2 heteroatoms. The fraction of sp³-hybridized carbons (Fsp3) is 0.429. The molecule has 0 amide bonds. The predicted molar refractivity (Wildman–Crippen MR) is 47.4 cm³/mol. The van der Waals surface area contributed by atoms with Crippen molar-refractivity contribution in [2.75, 3.05) is 5.33 Å².